The van der Waals surface area contributed by atoms with Crippen molar-refractivity contribution in [2.75, 3.05) is 16.8 Å². The van der Waals surface area contributed by atoms with Crippen molar-refractivity contribution in [2.45, 2.75) is 19.6 Å². The van der Waals surface area contributed by atoms with Crippen molar-refractivity contribution >= 4 is 23.2 Å². The number of anilines is 2. The van der Waals surface area contributed by atoms with E-state index in [1.807, 2.05) is 60.7 Å². The molecule has 0 saturated carbocycles. The Morgan fingerprint density at radius 2 is 1.77 bits per heavy atom. The Hall–Kier alpha value is -3.80. The van der Waals surface area contributed by atoms with Crippen LogP contribution < -0.4 is 19.7 Å². The summed E-state index contributed by atoms with van der Waals surface area (Å²) < 4.78 is 11.3. The van der Waals surface area contributed by atoms with E-state index in [1.54, 1.807) is 30.0 Å². The highest BCUT2D eigenvalue weighted by atomic mass is 16.5. The van der Waals surface area contributed by atoms with Crippen LogP contribution in [0.25, 0.3) is 0 Å². The maximum Gasteiger partial charge on any atom is 0.268 e. The molecule has 0 saturated heterocycles. The van der Waals surface area contributed by atoms with Gasteiger partial charge in [-0.1, -0.05) is 48.5 Å². The van der Waals surface area contributed by atoms with Crippen molar-refractivity contribution in [3.05, 3.63) is 84.4 Å². The van der Waals surface area contributed by atoms with E-state index in [4.69, 9.17) is 9.47 Å². The molecule has 0 bridgehead atoms. The van der Waals surface area contributed by atoms with Crippen LogP contribution in [0, 0.1) is 0 Å². The molecule has 152 valence electrons. The van der Waals surface area contributed by atoms with Crippen LogP contribution in [0.15, 0.2) is 78.9 Å². The quantitative estimate of drug-likeness (QED) is 0.676. The monoisotopic (exact) mass is 402 g/mol. The summed E-state index contributed by atoms with van der Waals surface area (Å²) in [7, 11) is 0. The number of carbonyl (C=O) groups is 2. The van der Waals surface area contributed by atoms with E-state index in [2.05, 4.69) is 5.32 Å². The second-order valence-electron chi connectivity index (χ2n) is 7.00. The summed E-state index contributed by atoms with van der Waals surface area (Å²) in [5.41, 5.74) is 2.36. The number of hydrogen-bond donors (Lipinski definition) is 1. The number of ether oxygens (including phenoxy) is 2. The van der Waals surface area contributed by atoms with Crippen LogP contribution in [0.3, 0.4) is 0 Å². The van der Waals surface area contributed by atoms with Gasteiger partial charge in [-0.3, -0.25) is 9.59 Å². The molecule has 30 heavy (non-hydrogen) atoms. The molecule has 1 N–H and O–H groups in total. The van der Waals surface area contributed by atoms with Gasteiger partial charge in [0.05, 0.1) is 12.2 Å². The molecule has 1 aliphatic rings. The SMILES string of the molecule is CC(Oc1ccc2c(c1)NC(=O)CO2)C(=O)N(Cc1ccccc1)c1ccccc1. The second-order valence-corrected chi connectivity index (χ2v) is 7.00. The minimum atomic E-state index is -0.729. The molecule has 3 aromatic carbocycles. The molecule has 0 spiro atoms. The van der Waals surface area contributed by atoms with Crippen LogP contribution in [-0.4, -0.2) is 24.5 Å². The molecule has 1 heterocycles. The molecule has 6 nitrogen and oxygen atoms in total. The van der Waals surface area contributed by atoms with E-state index in [1.165, 1.54) is 0 Å². The first-order valence-electron chi connectivity index (χ1n) is 9.74. The van der Waals surface area contributed by atoms with E-state index in [0.717, 1.165) is 11.3 Å². The number of benzene rings is 3. The third-order valence-electron chi connectivity index (χ3n) is 4.76. The first-order valence-corrected chi connectivity index (χ1v) is 9.74. The molecule has 0 aromatic heterocycles. The molecule has 0 radical (unpaired) electrons. The zero-order valence-electron chi connectivity index (χ0n) is 16.6. The minimum Gasteiger partial charge on any atom is -0.482 e. The van der Waals surface area contributed by atoms with Crippen LogP contribution in [-0.2, 0) is 16.1 Å². The number of para-hydroxylation sites is 1. The van der Waals surface area contributed by atoms with Crippen molar-refractivity contribution in [3.8, 4) is 11.5 Å². The number of nitrogens with zero attached hydrogens (tertiary/aromatic N) is 1. The van der Waals surface area contributed by atoms with E-state index >= 15 is 0 Å². The Labute approximate surface area is 175 Å². The van der Waals surface area contributed by atoms with Crippen molar-refractivity contribution in [1.29, 1.82) is 0 Å². The number of fused-ring (bicyclic) bond motifs is 1. The highest BCUT2D eigenvalue weighted by Crippen LogP contribution is 2.32. The van der Waals surface area contributed by atoms with Gasteiger partial charge in [0.15, 0.2) is 12.7 Å². The molecule has 6 heteroatoms. The summed E-state index contributed by atoms with van der Waals surface area (Å²) in [5.74, 6) is 0.675. The summed E-state index contributed by atoms with van der Waals surface area (Å²) in [4.78, 5) is 26.6. The van der Waals surface area contributed by atoms with Crippen LogP contribution in [0.4, 0.5) is 11.4 Å². The van der Waals surface area contributed by atoms with E-state index in [-0.39, 0.29) is 18.4 Å². The van der Waals surface area contributed by atoms with Crippen LogP contribution in [0.2, 0.25) is 0 Å². The normalized spacial score (nSPS) is 13.4. The third kappa shape index (κ3) is 4.43. The summed E-state index contributed by atoms with van der Waals surface area (Å²) >= 11 is 0. The molecular formula is C24H22N2O4. The number of amides is 2. The Bertz CT molecular complexity index is 1040. The number of carbonyl (C=O) groups excluding carboxylic acids is 2. The zero-order chi connectivity index (χ0) is 20.9. The fourth-order valence-electron chi connectivity index (χ4n) is 3.28. The molecule has 2 amide bonds. The number of hydrogen-bond acceptors (Lipinski definition) is 4. The van der Waals surface area contributed by atoms with E-state index in [0.29, 0.717) is 23.7 Å². The van der Waals surface area contributed by atoms with Gasteiger partial charge in [-0.05, 0) is 36.8 Å². The highest BCUT2D eigenvalue weighted by molar-refractivity contribution is 5.97. The molecule has 0 fully saturated rings. The van der Waals surface area contributed by atoms with Gasteiger partial charge in [0.1, 0.15) is 11.5 Å². The molecule has 1 atom stereocenters. The van der Waals surface area contributed by atoms with Gasteiger partial charge in [-0.15, -0.1) is 0 Å². The third-order valence-corrected chi connectivity index (χ3v) is 4.76. The standard InChI is InChI=1S/C24H22N2O4/c1-17(30-20-12-13-22-21(14-20)25-23(27)16-29-22)24(28)26(19-10-6-3-7-11-19)15-18-8-4-2-5-9-18/h2-14,17H,15-16H2,1H3,(H,25,27). The zero-order valence-corrected chi connectivity index (χ0v) is 16.6. The average Bonchev–Trinajstić information content (AvgIpc) is 2.78. The Morgan fingerprint density at radius 1 is 1.07 bits per heavy atom. The molecular weight excluding hydrogens is 380 g/mol. The highest BCUT2D eigenvalue weighted by Gasteiger charge is 2.25. The maximum absolute atomic E-state index is 13.3. The van der Waals surface area contributed by atoms with Gasteiger partial charge in [-0.2, -0.15) is 0 Å². The Morgan fingerprint density at radius 3 is 2.50 bits per heavy atom. The summed E-state index contributed by atoms with van der Waals surface area (Å²) in [5, 5.41) is 2.74. The molecule has 0 aliphatic carbocycles. The lowest BCUT2D eigenvalue weighted by atomic mass is 10.1. The molecule has 1 aliphatic heterocycles. The largest absolute Gasteiger partial charge is 0.482 e. The van der Waals surface area contributed by atoms with Gasteiger partial charge < -0.3 is 19.7 Å². The van der Waals surface area contributed by atoms with Crippen molar-refractivity contribution in [2.24, 2.45) is 0 Å². The topological polar surface area (TPSA) is 67.9 Å². The Balaban J connectivity index is 1.54. The van der Waals surface area contributed by atoms with Crippen molar-refractivity contribution < 1.29 is 19.1 Å². The predicted molar refractivity (Wildman–Crippen MR) is 115 cm³/mol. The minimum absolute atomic E-state index is 0.00634. The van der Waals surface area contributed by atoms with E-state index < -0.39 is 6.10 Å². The van der Waals surface area contributed by atoms with Gasteiger partial charge >= 0.3 is 0 Å². The van der Waals surface area contributed by atoms with Crippen LogP contribution in [0.1, 0.15) is 12.5 Å². The van der Waals surface area contributed by atoms with E-state index in [9.17, 15) is 9.59 Å². The van der Waals surface area contributed by atoms with Gasteiger partial charge in [0.25, 0.3) is 11.8 Å². The fraction of sp³-hybridized carbons (Fsp3) is 0.167. The number of rotatable bonds is 6. The molecule has 4 rings (SSSR count). The van der Waals surface area contributed by atoms with Gasteiger partial charge in [-0.25, -0.2) is 0 Å². The molecule has 1 unspecified atom stereocenters. The van der Waals surface area contributed by atoms with Crippen LogP contribution in [0.5, 0.6) is 11.5 Å². The lowest BCUT2D eigenvalue weighted by molar-refractivity contribution is -0.124. The van der Waals surface area contributed by atoms with Gasteiger partial charge in [0.2, 0.25) is 0 Å². The Kier molecular flexibility index (Phi) is 5.66. The second kappa shape index (κ2) is 8.69. The van der Waals surface area contributed by atoms with Crippen molar-refractivity contribution in [1.82, 2.24) is 0 Å². The van der Waals surface area contributed by atoms with Gasteiger partial charge in [0, 0.05) is 11.8 Å². The predicted octanol–water partition coefficient (Wildman–Crippen LogP) is 4.02. The summed E-state index contributed by atoms with van der Waals surface area (Å²) in [6.07, 6.45) is -0.729. The fourth-order valence-corrected chi connectivity index (χ4v) is 3.28. The first kappa shape index (κ1) is 19.5. The lowest BCUT2D eigenvalue weighted by Crippen LogP contribution is -2.40. The average molecular weight is 402 g/mol. The first-order chi connectivity index (χ1) is 14.6. The van der Waals surface area contributed by atoms with Crippen molar-refractivity contribution in [3.63, 3.8) is 0 Å². The number of nitrogens with one attached hydrogen (secondary N) is 1. The smallest absolute Gasteiger partial charge is 0.268 e. The summed E-state index contributed by atoms with van der Waals surface area (Å²) in [6, 6.07) is 24.5. The molecule has 3 aromatic rings. The lowest BCUT2D eigenvalue weighted by Gasteiger charge is -2.27. The van der Waals surface area contributed by atoms with Crippen LogP contribution >= 0.6 is 0 Å². The maximum atomic E-state index is 13.3. The summed E-state index contributed by atoms with van der Waals surface area (Å²) in [6.45, 7) is 2.15.